The van der Waals surface area contributed by atoms with Gasteiger partial charge in [0, 0.05) is 10.0 Å². The first-order valence-electron chi connectivity index (χ1n) is 4.70. The minimum absolute atomic E-state index is 0.307. The highest BCUT2D eigenvalue weighted by molar-refractivity contribution is 9.10. The second-order valence-electron chi connectivity index (χ2n) is 3.51. The smallest absolute Gasteiger partial charge is 0.142 e. The summed E-state index contributed by atoms with van der Waals surface area (Å²) >= 11 is 3.23. The highest BCUT2D eigenvalue weighted by atomic mass is 79.9. The summed E-state index contributed by atoms with van der Waals surface area (Å²) in [5, 5.41) is 0. The van der Waals surface area contributed by atoms with Crippen LogP contribution in [0.1, 0.15) is 18.4 Å². The third-order valence-corrected chi connectivity index (χ3v) is 2.59. The number of hydrogen-bond donors (Lipinski definition) is 2. The second-order valence-corrected chi connectivity index (χ2v) is 4.43. The Morgan fingerprint density at radius 1 is 1.47 bits per heavy atom. The molecule has 0 aromatic heterocycles. The van der Waals surface area contributed by atoms with Crippen molar-refractivity contribution in [3.63, 3.8) is 0 Å². The highest BCUT2D eigenvalue weighted by Crippen LogP contribution is 2.24. The minimum atomic E-state index is -0.307. The molecule has 0 atom stereocenters. The summed E-state index contributed by atoms with van der Waals surface area (Å²) in [5.74, 6) is 5.59. The van der Waals surface area contributed by atoms with Gasteiger partial charge in [0.25, 0.3) is 0 Å². The van der Waals surface area contributed by atoms with E-state index in [1.165, 1.54) is 12.1 Å². The van der Waals surface area contributed by atoms with Crippen LogP contribution in [-0.2, 0) is 0 Å². The maximum atomic E-state index is 13.1. The average molecular weight is 272 g/mol. The minimum Gasteiger partial charge on any atom is -0.308 e. The number of hydrazine groups is 1. The van der Waals surface area contributed by atoms with Crippen LogP contribution in [-0.4, -0.2) is 11.9 Å². The molecule has 3 N–H and O–H groups in total. The van der Waals surface area contributed by atoms with E-state index in [4.69, 9.17) is 5.84 Å². The summed E-state index contributed by atoms with van der Waals surface area (Å²) in [6, 6.07) is 4.93. The number of nitrogens with one attached hydrogen (secondary N) is 1. The van der Waals surface area contributed by atoms with Gasteiger partial charge in [-0.1, -0.05) is 15.9 Å². The molecule has 1 aromatic rings. The quantitative estimate of drug-likeness (QED) is 0.374. The van der Waals surface area contributed by atoms with Gasteiger partial charge in [-0.05, 0) is 31.0 Å². The summed E-state index contributed by atoms with van der Waals surface area (Å²) in [4.78, 5) is 4.35. The molecule has 3 nitrogen and oxygen atoms in total. The molecule has 0 spiro atoms. The number of halogens is 2. The fraction of sp³-hybridized carbons (Fsp3) is 0.300. The molecule has 1 fully saturated rings. The maximum Gasteiger partial charge on any atom is 0.142 e. The fourth-order valence-corrected chi connectivity index (χ4v) is 1.74. The van der Waals surface area contributed by atoms with Gasteiger partial charge in [-0.2, -0.15) is 0 Å². The van der Waals surface area contributed by atoms with Gasteiger partial charge in [0.15, 0.2) is 0 Å². The van der Waals surface area contributed by atoms with Gasteiger partial charge in [-0.25, -0.2) is 10.2 Å². The van der Waals surface area contributed by atoms with Crippen molar-refractivity contribution in [3.8, 4) is 0 Å². The predicted molar refractivity (Wildman–Crippen MR) is 61.0 cm³/mol. The molecular formula is C10H11BrFN3. The summed E-state index contributed by atoms with van der Waals surface area (Å²) in [6.07, 6.45) is 2.17. The van der Waals surface area contributed by atoms with Gasteiger partial charge in [-0.15, -0.1) is 0 Å². The van der Waals surface area contributed by atoms with Crippen molar-refractivity contribution in [1.82, 2.24) is 5.43 Å². The van der Waals surface area contributed by atoms with Crippen molar-refractivity contribution in [2.75, 3.05) is 0 Å². The molecular weight excluding hydrogens is 261 g/mol. The molecule has 0 radical (unpaired) electrons. The lowest BCUT2D eigenvalue weighted by Crippen LogP contribution is -2.31. The van der Waals surface area contributed by atoms with Gasteiger partial charge in [-0.3, -0.25) is 4.99 Å². The van der Waals surface area contributed by atoms with Gasteiger partial charge in [0.2, 0.25) is 0 Å². The largest absolute Gasteiger partial charge is 0.308 e. The average Bonchev–Trinajstić information content (AvgIpc) is 2.96. The molecule has 0 aliphatic heterocycles. The normalized spacial score (nSPS) is 16.6. The van der Waals surface area contributed by atoms with Crippen LogP contribution in [0, 0.1) is 5.82 Å². The van der Waals surface area contributed by atoms with Crippen molar-refractivity contribution in [2.45, 2.75) is 18.9 Å². The third kappa shape index (κ3) is 2.76. The first-order chi connectivity index (χ1) is 7.19. The Morgan fingerprint density at radius 2 is 2.20 bits per heavy atom. The number of hydrogen-bond acceptors (Lipinski definition) is 2. The Hall–Kier alpha value is -0.940. The monoisotopic (exact) mass is 271 g/mol. The van der Waals surface area contributed by atoms with Crippen molar-refractivity contribution in [1.29, 1.82) is 0 Å². The fourth-order valence-electron chi connectivity index (χ4n) is 1.27. The Balaban J connectivity index is 2.32. The van der Waals surface area contributed by atoms with Crippen molar-refractivity contribution in [3.05, 3.63) is 34.1 Å². The van der Waals surface area contributed by atoms with Crippen LogP contribution < -0.4 is 11.3 Å². The van der Waals surface area contributed by atoms with E-state index in [-0.39, 0.29) is 5.82 Å². The number of nitrogens with zero attached hydrogens (tertiary/aromatic N) is 1. The molecule has 0 amide bonds. The molecule has 1 aliphatic carbocycles. The summed E-state index contributed by atoms with van der Waals surface area (Å²) < 4.78 is 13.8. The molecule has 5 heteroatoms. The van der Waals surface area contributed by atoms with E-state index < -0.39 is 0 Å². The zero-order valence-electron chi connectivity index (χ0n) is 8.00. The Morgan fingerprint density at radius 3 is 2.73 bits per heavy atom. The molecule has 80 valence electrons. The van der Waals surface area contributed by atoms with Crippen molar-refractivity contribution < 1.29 is 4.39 Å². The first-order valence-corrected chi connectivity index (χ1v) is 5.49. The van der Waals surface area contributed by atoms with Crippen LogP contribution >= 0.6 is 15.9 Å². The molecule has 1 aromatic carbocycles. The standard InChI is InChI=1S/C10H11BrFN3/c11-7-3-6(4-8(12)5-7)10(15-13)14-9-1-2-9/h3-5,9H,1-2,13H2,(H,14,15). The molecule has 15 heavy (non-hydrogen) atoms. The predicted octanol–water partition coefficient (Wildman–Crippen LogP) is 1.96. The molecule has 1 saturated carbocycles. The van der Waals surface area contributed by atoms with Crippen molar-refractivity contribution >= 4 is 21.8 Å². The van der Waals surface area contributed by atoms with Crippen LogP contribution in [0.15, 0.2) is 27.7 Å². The van der Waals surface area contributed by atoms with Crippen molar-refractivity contribution in [2.24, 2.45) is 10.8 Å². The van der Waals surface area contributed by atoms with E-state index in [1.54, 1.807) is 6.07 Å². The zero-order chi connectivity index (χ0) is 10.8. The SMILES string of the molecule is NNC(=NC1CC1)c1cc(F)cc(Br)c1. The van der Waals surface area contributed by atoms with E-state index >= 15 is 0 Å². The van der Waals surface area contributed by atoms with Crippen LogP contribution in [0.25, 0.3) is 0 Å². The van der Waals surface area contributed by atoms with Crippen LogP contribution in [0.2, 0.25) is 0 Å². The molecule has 1 aliphatic rings. The lowest BCUT2D eigenvalue weighted by atomic mass is 10.2. The number of aliphatic imine (C=N–C) groups is 1. The first kappa shape index (κ1) is 10.6. The third-order valence-electron chi connectivity index (χ3n) is 2.13. The maximum absolute atomic E-state index is 13.1. The number of benzene rings is 1. The molecule has 2 rings (SSSR count). The lowest BCUT2D eigenvalue weighted by Gasteiger charge is -2.06. The van der Waals surface area contributed by atoms with Gasteiger partial charge in [0.05, 0.1) is 6.04 Å². The topological polar surface area (TPSA) is 50.4 Å². The second kappa shape index (κ2) is 4.28. The van der Waals surface area contributed by atoms with E-state index in [1.807, 2.05) is 0 Å². The van der Waals surface area contributed by atoms with E-state index in [0.717, 1.165) is 12.8 Å². The molecule has 0 heterocycles. The number of rotatable bonds is 2. The summed E-state index contributed by atoms with van der Waals surface area (Å²) in [5.41, 5.74) is 3.17. The molecule has 0 unspecified atom stereocenters. The molecule has 0 saturated heterocycles. The lowest BCUT2D eigenvalue weighted by molar-refractivity contribution is 0.626. The number of amidine groups is 1. The van der Waals surface area contributed by atoms with E-state index in [9.17, 15) is 4.39 Å². The van der Waals surface area contributed by atoms with Crippen LogP contribution in [0.4, 0.5) is 4.39 Å². The van der Waals surface area contributed by atoms with Gasteiger partial charge >= 0.3 is 0 Å². The van der Waals surface area contributed by atoms with E-state index in [2.05, 4.69) is 26.3 Å². The number of nitrogens with two attached hydrogens (primary N) is 1. The zero-order valence-corrected chi connectivity index (χ0v) is 9.59. The summed E-state index contributed by atoms with van der Waals surface area (Å²) in [6.45, 7) is 0. The summed E-state index contributed by atoms with van der Waals surface area (Å²) in [7, 11) is 0. The Kier molecular flexibility index (Phi) is 3.02. The van der Waals surface area contributed by atoms with Crippen LogP contribution in [0.3, 0.4) is 0 Å². The molecule has 0 bridgehead atoms. The van der Waals surface area contributed by atoms with Gasteiger partial charge in [0.1, 0.15) is 11.7 Å². The van der Waals surface area contributed by atoms with Crippen LogP contribution in [0.5, 0.6) is 0 Å². The Bertz CT molecular complexity index is 381. The van der Waals surface area contributed by atoms with Gasteiger partial charge < -0.3 is 5.43 Å². The highest BCUT2D eigenvalue weighted by Gasteiger charge is 2.21. The Labute approximate surface area is 95.7 Å². The van der Waals surface area contributed by atoms with E-state index in [0.29, 0.717) is 21.9 Å².